The molecule has 1 aliphatic rings. The van der Waals surface area contributed by atoms with Gasteiger partial charge in [0.05, 0.1) is 25.1 Å². The van der Waals surface area contributed by atoms with E-state index >= 15 is 0 Å². The van der Waals surface area contributed by atoms with Gasteiger partial charge in [-0.15, -0.1) is 0 Å². The maximum Gasteiger partial charge on any atom is 0.295 e. The first kappa shape index (κ1) is 20.7. The van der Waals surface area contributed by atoms with Crippen LogP contribution in [0.5, 0.6) is 5.75 Å². The van der Waals surface area contributed by atoms with Gasteiger partial charge in [-0.25, -0.2) is 0 Å². The molecule has 1 atom stereocenters. The van der Waals surface area contributed by atoms with E-state index in [1.54, 1.807) is 36.4 Å². The Morgan fingerprint density at radius 1 is 1.24 bits per heavy atom. The number of amides is 1. The van der Waals surface area contributed by atoms with E-state index in [0.29, 0.717) is 36.6 Å². The normalized spacial score (nSPS) is 18.6. The topological polar surface area (TPSA) is 89.2 Å². The second-order valence-corrected chi connectivity index (χ2v) is 7.01. The van der Waals surface area contributed by atoms with Gasteiger partial charge in [-0.2, -0.15) is 0 Å². The summed E-state index contributed by atoms with van der Waals surface area (Å²) in [6.45, 7) is 4.63. The molecule has 1 aromatic carbocycles. The zero-order valence-corrected chi connectivity index (χ0v) is 16.8. The first-order chi connectivity index (χ1) is 13.9. The number of Topliss-reactive ketones (excluding diaryl/α,β-unsaturated/α-hetero) is 1. The summed E-state index contributed by atoms with van der Waals surface area (Å²) < 4.78 is 16.2. The molecule has 0 saturated carbocycles. The number of ether oxygens (including phenoxy) is 2. The maximum atomic E-state index is 12.8. The minimum Gasteiger partial charge on any atom is -0.507 e. The molecule has 0 unspecified atom stereocenters. The molecule has 7 heteroatoms. The molecular formula is C22H25NO6. The van der Waals surface area contributed by atoms with Gasteiger partial charge >= 0.3 is 0 Å². The Bertz CT molecular complexity index is 900. The van der Waals surface area contributed by atoms with Gasteiger partial charge < -0.3 is 23.9 Å². The van der Waals surface area contributed by atoms with E-state index in [0.717, 1.165) is 0 Å². The Morgan fingerprint density at radius 2 is 2.03 bits per heavy atom. The molecule has 1 aromatic heterocycles. The SMILES string of the molecule is COc1cccc(C(O)=C2C(=O)C(=O)N(CCCOC(C)C)[C@@H]2c2ccco2)c1. The third-order valence-electron chi connectivity index (χ3n) is 4.69. The molecule has 1 amide bonds. The standard InChI is InChI=1S/C22H25NO6/c1-14(2)28-12-6-10-23-19(17-9-5-11-29-17)18(21(25)22(23)26)20(24)15-7-4-8-16(13-15)27-3/h4-5,7-9,11,13-14,19,24H,6,10,12H2,1-3H3/t19-/m1/s1. The smallest absolute Gasteiger partial charge is 0.295 e. The van der Waals surface area contributed by atoms with Crippen LogP contribution in [0.25, 0.3) is 5.76 Å². The second kappa shape index (κ2) is 8.96. The molecule has 0 spiro atoms. The number of carbonyl (C=O) groups excluding carboxylic acids is 2. The molecule has 1 fully saturated rings. The molecule has 0 bridgehead atoms. The highest BCUT2D eigenvalue weighted by molar-refractivity contribution is 6.46. The van der Waals surface area contributed by atoms with Crippen LogP contribution in [0.2, 0.25) is 0 Å². The Balaban J connectivity index is 1.98. The molecular weight excluding hydrogens is 374 g/mol. The average Bonchev–Trinajstić information content (AvgIpc) is 3.32. The number of aliphatic hydroxyl groups excluding tert-OH is 1. The highest BCUT2D eigenvalue weighted by Crippen LogP contribution is 2.39. The fourth-order valence-corrected chi connectivity index (χ4v) is 3.33. The molecule has 7 nitrogen and oxygen atoms in total. The lowest BCUT2D eigenvalue weighted by molar-refractivity contribution is -0.140. The van der Waals surface area contributed by atoms with E-state index in [1.807, 2.05) is 13.8 Å². The van der Waals surface area contributed by atoms with Crippen molar-refractivity contribution >= 4 is 17.4 Å². The lowest BCUT2D eigenvalue weighted by Gasteiger charge is -2.23. The van der Waals surface area contributed by atoms with Gasteiger partial charge in [0.25, 0.3) is 11.7 Å². The van der Waals surface area contributed by atoms with Crippen LogP contribution in [-0.4, -0.2) is 48.1 Å². The van der Waals surface area contributed by atoms with Crippen molar-refractivity contribution in [1.82, 2.24) is 4.90 Å². The van der Waals surface area contributed by atoms with Crippen LogP contribution in [-0.2, 0) is 14.3 Å². The second-order valence-electron chi connectivity index (χ2n) is 7.01. The molecule has 3 rings (SSSR count). The van der Waals surface area contributed by atoms with Crippen molar-refractivity contribution in [2.75, 3.05) is 20.3 Å². The number of hydrogen-bond acceptors (Lipinski definition) is 6. The Morgan fingerprint density at radius 3 is 2.69 bits per heavy atom. The lowest BCUT2D eigenvalue weighted by atomic mass is 9.99. The minimum absolute atomic E-state index is 0.00276. The summed E-state index contributed by atoms with van der Waals surface area (Å²) in [7, 11) is 1.51. The summed E-state index contributed by atoms with van der Waals surface area (Å²) in [5.74, 6) is -0.719. The van der Waals surface area contributed by atoms with Gasteiger partial charge in [0.15, 0.2) is 0 Å². The summed E-state index contributed by atoms with van der Waals surface area (Å²) in [6.07, 6.45) is 2.11. The van der Waals surface area contributed by atoms with Crippen molar-refractivity contribution in [3.63, 3.8) is 0 Å². The van der Waals surface area contributed by atoms with Crippen molar-refractivity contribution < 1.29 is 28.6 Å². The van der Waals surface area contributed by atoms with E-state index in [4.69, 9.17) is 13.9 Å². The van der Waals surface area contributed by atoms with Crippen molar-refractivity contribution in [3.05, 3.63) is 59.6 Å². The van der Waals surface area contributed by atoms with Crippen LogP contribution in [0.3, 0.4) is 0 Å². The molecule has 1 N–H and O–H groups in total. The lowest BCUT2D eigenvalue weighted by Crippen LogP contribution is -2.31. The van der Waals surface area contributed by atoms with Gasteiger partial charge in [-0.1, -0.05) is 12.1 Å². The van der Waals surface area contributed by atoms with Gasteiger partial charge in [0.2, 0.25) is 0 Å². The van der Waals surface area contributed by atoms with Crippen LogP contribution in [0, 0.1) is 0 Å². The molecule has 154 valence electrons. The fourth-order valence-electron chi connectivity index (χ4n) is 3.33. The number of ketones is 1. The number of furan rings is 1. The van der Waals surface area contributed by atoms with Crippen molar-refractivity contribution in [2.24, 2.45) is 0 Å². The van der Waals surface area contributed by atoms with Crippen molar-refractivity contribution in [2.45, 2.75) is 32.4 Å². The Kier molecular flexibility index (Phi) is 6.39. The number of methoxy groups -OCH3 is 1. The van der Waals surface area contributed by atoms with Crippen LogP contribution >= 0.6 is 0 Å². The quantitative estimate of drug-likeness (QED) is 0.316. The summed E-state index contributed by atoms with van der Waals surface area (Å²) in [6, 6.07) is 9.27. The van der Waals surface area contributed by atoms with Gasteiger partial charge in [0.1, 0.15) is 23.3 Å². The van der Waals surface area contributed by atoms with E-state index < -0.39 is 17.7 Å². The molecule has 2 aromatic rings. The van der Waals surface area contributed by atoms with Crippen LogP contribution in [0.4, 0.5) is 0 Å². The minimum atomic E-state index is -0.796. The number of carbonyl (C=O) groups is 2. The number of aliphatic hydroxyl groups is 1. The highest BCUT2D eigenvalue weighted by Gasteiger charge is 2.47. The molecule has 1 aliphatic heterocycles. The van der Waals surface area contributed by atoms with E-state index in [2.05, 4.69) is 0 Å². The van der Waals surface area contributed by atoms with E-state index in [-0.39, 0.29) is 17.4 Å². The summed E-state index contributed by atoms with van der Waals surface area (Å²) in [4.78, 5) is 27.0. The van der Waals surface area contributed by atoms with Crippen molar-refractivity contribution in [1.29, 1.82) is 0 Å². The Labute approximate surface area is 169 Å². The molecule has 0 aliphatic carbocycles. The van der Waals surface area contributed by atoms with Crippen molar-refractivity contribution in [3.8, 4) is 5.75 Å². The number of likely N-dealkylation sites (tertiary alicyclic amines) is 1. The average molecular weight is 399 g/mol. The van der Waals surface area contributed by atoms with Crippen LogP contribution < -0.4 is 4.74 Å². The van der Waals surface area contributed by atoms with E-state index in [1.165, 1.54) is 18.3 Å². The summed E-state index contributed by atoms with van der Waals surface area (Å²) in [5.41, 5.74) is 0.394. The molecule has 0 radical (unpaired) electrons. The third-order valence-corrected chi connectivity index (χ3v) is 4.69. The first-order valence-electron chi connectivity index (χ1n) is 9.52. The maximum absolute atomic E-state index is 12.8. The van der Waals surface area contributed by atoms with Crippen LogP contribution in [0.1, 0.15) is 37.6 Å². The number of nitrogens with zero attached hydrogens (tertiary/aromatic N) is 1. The van der Waals surface area contributed by atoms with Gasteiger partial charge in [-0.05, 0) is 44.5 Å². The third kappa shape index (κ3) is 4.35. The van der Waals surface area contributed by atoms with E-state index in [9.17, 15) is 14.7 Å². The molecule has 29 heavy (non-hydrogen) atoms. The van der Waals surface area contributed by atoms with Crippen LogP contribution in [0.15, 0.2) is 52.7 Å². The first-order valence-corrected chi connectivity index (χ1v) is 9.52. The zero-order chi connectivity index (χ0) is 21.0. The predicted octanol–water partition coefficient (Wildman–Crippen LogP) is 3.53. The number of hydrogen-bond donors (Lipinski definition) is 1. The summed E-state index contributed by atoms with van der Waals surface area (Å²) >= 11 is 0. The van der Waals surface area contributed by atoms with Gasteiger partial charge in [-0.3, -0.25) is 9.59 Å². The molecule has 2 heterocycles. The number of benzene rings is 1. The Hall–Kier alpha value is -3.06. The summed E-state index contributed by atoms with van der Waals surface area (Å²) in [5, 5.41) is 10.9. The number of rotatable bonds is 8. The zero-order valence-electron chi connectivity index (χ0n) is 16.8. The molecule has 1 saturated heterocycles. The predicted molar refractivity (Wildman–Crippen MR) is 106 cm³/mol. The monoisotopic (exact) mass is 399 g/mol. The highest BCUT2D eigenvalue weighted by atomic mass is 16.5. The van der Waals surface area contributed by atoms with Gasteiger partial charge in [0, 0.05) is 18.7 Å². The fraction of sp³-hybridized carbons (Fsp3) is 0.364. The largest absolute Gasteiger partial charge is 0.507 e.